The van der Waals surface area contributed by atoms with E-state index in [1.165, 1.54) is 0 Å². The first-order valence-electron chi connectivity index (χ1n) is 5.09. The number of rotatable bonds is 3. The third kappa shape index (κ3) is 4.63. The zero-order chi connectivity index (χ0) is 16.2. The van der Waals surface area contributed by atoms with Gasteiger partial charge in [0.2, 0.25) is 0 Å². The van der Waals surface area contributed by atoms with E-state index in [1.54, 1.807) is 0 Å². The Kier molecular flexibility index (Phi) is 5.14. The predicted molar refractivity (Wildman–Crippen MR) is 62.4 cm³/mol. The van der Waals surface area contributed by atoms with Crippen molar-refractivity contribution in [2.75, 3.05) is 7.11 Å². The molecule has 0 aliphatic carbocycles. The summed E-state index contributed by atoms with van der Waals surface area (Å²) in [6, 6.07) is 1.65. The predicted octanol–water partition coefficient (Wildman–Crippen LogP) is 2.48. The van der Waals surface area contributed by atoms with Crippen molar-refractivity contribution in [1.29, 1.82) is 0 Å². The maximum absolute atomic E-state index is 12.7. The molecule has 6 nitrogen and oxygen atoms in total. The lowest BCUT2D eigenvalue weighted by molar-refractivity contribution is -0.142. The minimum absolute atomic E-state index is 0.370. The Hall–Kier alpha value is -2.29. The Balaban J connectivity index is 3.06. The molecule has 0 radical (unpaired) electrons. The van der Waals surface area contributed by atoms with E-state index in [-0.39, 0.29) is 0 Å². The van der Waals surface area contributed by atoms with E-state index in [1.807, 2.05) is 0 Å². The van der Waals surface area contributed by atoms with Crippen molar-refractivity contribution in [2.45, 2.75) is 6.18 Å². The van der Waals surface area contributed by atoms with Gasteiger partial charge in [0.1, 0.15) is 11.2 Å². The van der Waals surface area contributed by atoms with E-state index in [2.05, 4.69) is 14.5 Å². The Morgan fingerprint density at radius 1 is 1.38 bits per heavy atom. The smallest absolute Gasteiger partial charge is 0.434 e. The number of hydrogen-bond acceptors (Lipinski definition) is 6. The minimum atomic E-state index is -4.97. The number of halogens is 4. The molecule has 10 heteroatoms. The number of alkyl halides is 3. The van der Waals surface area contributed by atoms with Crippen molar-refractivity contribution >= 4 is 23.5 Å². The average molecular weight is 326 g/mol. The standard InChI is InChI=1S/C11H7ClF3NO5/c1-20-7(17)4-8(18)21-10(19)5-2-3-6(12)16-9(5)11(13,14)15/h2-4,17H,1H3. The van der Waals surface area contributed by atoms with E-state index in [0.29, 0.717) is 12.1 Å². The monoisotopic (exact) mass is 325 g/mol. The van der Waals surface area contributed by atoms with Gasteiger partial charge in [0, 0.05) is 0 Å². The molecule has 1 heterocycles. The first-order valence-corrected chi connectivity index (χ1v) is 5.47. The number of carbonyl (C=O) groups excluding carboxylic acids is 2. The Bertz CT molecular complexity index is 600. The number of aliphatic hydroxyl groups excluding tert-OH is 1. The maximum atomic E-state index is 12.7. The summed E-state index contributed by atoms with van der Waals surface area (Å²) in [5.41, 5.74) is -2.58. The second-order valence-corrected chi connectivity index (χ2v) is 3.81. The topological polar surface area (TPSA) is 85.7 Å². The Labute approximate surface area is 120 Å². The van der Waals surface area contributed by atoms with E-state index >= 15 is 0 Å². The number of aliphatic hydroxyl groups is 1. The summed E-state index contributed by atoms with van der Waals surface area (Å²) < 4.78 is 46.4. The first-order chi connectivity index (χ1) is 9.65. The van der Waals surface area contributed by atoms with Crippen LogP contribution in [0.2, 0.25) is 5.15 Å². The molecule has 0 atom stereocenters. The Morgan fingerprint density at radius 3 is 2.52 bits per heavy atom. The summed E-state index contributed by atoms with van der Waals surface area (Å²) in [6.45, 7) is 0. The number of ether oxygens (including phenoxy) is 2. The van der Waals surface area contributed by atoms with E-state index in [0.717, 1.165) is 13.2 Å². The van der Waals surface area contributed by atoms with Gasteiger partial charge < -0.3 is 14.6 Å². The van der Waals surface area contributed by atoms with Gasteiger partial charge in [-0.25, -0.2) is 14.6 Å². The van der Waals surface area contributed by atoms with Crippen LogP contribution >= 0.6 is 11.6 Å². The van der Waals surface area contributed by atoms with Crippen LogP contribution in [0.25, 0.3) is 0 Å². The van der Waals surface area contributed by atoms with Crippen molar-refractivity contribution in [3.05, 3.63) is 40.6 Å². The molecular formula is C11H7ClF3NO5. The van der Waals surface area contributed by atoms with Crippen LogP contribution < -0.4 is 0 Å². The van der Waals surface area contributed by atoms with Crippen molar-refractivity contribution in [2.24, 2.45) is 0 Å². The Morgan fingerprint density at radius 2 is 2.00 bits per heavy atom. The summed E-state index contributed by atoms with van der Waals surface area (Å²) in [7, 11) is 1.02. The number of hydrogen-bond donors (Lipinski definition) is 1. The van der Waals surface area contributed by atoms with Crippen molar-refractivity contribution in [3.8, 4) is 0 Å². The molecule has 114 valence electrons. The third-order valence-electron chi connectivity index (χ3n) is 1.99. The molecule has 0 bridgehead atoms. The number of nitrogens with zero attached hydrogens (tertiary/aromatic N) is 1. The van der Waals surface area contributed by atoms with Crippen molar-refractivity contribution in [3.63, 3.8) is 0 Å². The summed E-state index contributed by atoms with van der Waals surface area (Å²) in [5, 5.41) is 8.36. The largest absolute Gasteiger partial charge is 0.481 e. The molecule has 0 aromatic carbocycles. The van der Waals surface area contributed by atoms with Gasteiger partial charge >= 0.3 is 18.1 Å². The van der Waals surface area contributed by atoms with Gasteiger partial charge in [0.05, 0.1) is 12.7 Å². The summed E-state index contributed by atoms with van der Waals surface area (Å²) in [6.07, 6.45) is -4.60. The number of aromatic nitrogens is 1. The number of methoxy groups -OCH3 is 1. The highest BCUT2D eigenvalue weighted by Gasteiger charge is 2.38. The third-order valence-corrected chi connectivity index (χ3v) is 2.20. The molecule has 0 fully saturated rings. The molecule has 0 spiro atoms. The number of esters is 2. The molecule has 0 saturated heterocycles. The second-order valence-electron chi connectivity index (χ2n) is 3.42. The molecule has 0 aliphatic rings. The van der Waals surface area contributed by atoms with Crippen molar-refractivity contribution < 1.29 is 37.3 Å². The fourth-order valence-electron chi connectivity index (χ4n) is 1.15. The number of carbonyl (C=O) groups is 2. The van der Waals surface area contributed by atoms with Gasteiger partial charge in [-0.2, -0.15) is 13.2 Å². The van der Waals surface area contributed by atoms with Gasteiger partial charge in [0.15, 0.2) is 5.69 Å². The van der Waals surface area contributed by atoms with Crippen LogP contribution in [0, 0.1) is 0 Å². The zero-order valence-electron chi connectivity index (χ0n) is 10.3. The summed E-state index contributed by atoms with van der Waals surface area (Å²) >= 11 is 5.33. The van der Waals surface area contributed by atoms with Crippen LogP contribution in [-0.2, 0) is 20.4 Å². The SMILES string of the molecule is COC(O)=CC(=O)OC(=O)c1ccc(Cl)nc1C(F)(F)F. The molecule has 0 amide bonds. The average Bonchev–Trinajstić information content (AvgIpc) is 2.36. The molecule has 21 heavy (non-hydrogen) atoms. The van der Waals surface area contributed by atoms with Crippen LogP contribution in [-0.4, -0.2) is 29.1 Å². The van der Waals surface area contributed by atoms with Gasteiger partial charge in [-0.1, -0.05) is 11.6 Å². The van der Waals surface area contributed by atoms with Crippen LogP contribution in [0.5, 0.6) is 0 Å². The first kappa shape index (κ1) is 16.8. The highest BCUT2D eigenvalue weighted by Crippen LogP contribution is 2.31. The highest BCUT2D eigenvalue weighted by molar-refractivity contribution is 6.29. The fourth-order valence-corrected chi connectivity index (χ4v) is 1.30. The van der Waals surface area contributed by atoms with Gasteiger partial charge in [0.25, 0.3) is 5.95 Å². The summed E-state index contributed by atoms with van der Waals surface area (Å²) in [5.74, 6) is -3.89. The van der Waals surface area contributed by atoms with Gasteiger partial charge in [-0.05, 0) is 12.1 Å². The lowest BCUT2D eigenvalue weighted by atomic mass is 10.2. The number of pyridine rings is 1. The molecule has 0 aliphatic heterocycles. The normalized spacial score (nSPS) is 12.0. The van der Waals surface area contributed by atoms with Crippen molar-refractivity contribution in [1.82, 2.24) is 4.98 Å². The summed E-state index contributed by atoms with van der Waals surface area (Å²) in [4.78, 5) is 25.7. The maximum Gasteiger partial charge on any atom is 0.434 e. The van der Waals surface area contributed by atoms with Crippen LogP contribution in [0.3, 0.4) is 0 Å². The van der Waals surface area contributed by atoms with Gasteiger partial charge in [-0.15, -0.1) is 0 Å². The minimum Gasteiger partial charge on any atom is -0.481 e. The lowest BCUT2D eigenvalue weighted by Crippen LogP contribution is -2.19. The lowest BCUT2D eigenvalue weighted by Gasteiger charge is -2.10. The molecular weight excluding hydrogens is 319 g/mol. The fraction of sp³-hybridized carbons (Fsp3) is 0.182. The molecule has 0 unspecified atom stereocenters. The second kappa shape index (κ2) is 6.44. The molecule has 1 aromatic rings. The molecule has 0 saturated carbocycles. The van der Waals surface area contributed by atoms with Crippen LogP contribution in [0.1, 0.15) is 16.1 Å². The zero-order valence-corrected chi connectivity index (χ0v) is 11.0. The van der Waals surface area contributed by atoms with E-state index in [4.69, 9.17) is 16.7 Å². The van der Waals surface area contributed by atoms with Gasteiger partial charge in [-0.3, -0.25) is 0 Å². The van der Waals surface area contributed by atoms with Crippen LogP contribution in [0.15, 0.2) is 24.2 Å². The quantitative estimate of drug-likeness (QED) is 0.302. The van der Waals surface area contributed by atoms with E-state index in [9.17, 15) is 22.8 Å². The molecule has 1 N–H and O–H groups in total. The highest BCUT2D eigenvalue weighted by atomic mass is 35.5. The van der Waals surface area contributed by atoms with Crippen LogP contribution in [0.4, 0.5) is 13.2 Å². The van der Waals surface area contributed by atoms with E-state index < -0.39 is 40.5 Å². The molecule has 1 aromatic heterocycles. The molecule has 1 rings (SSSR count).